The van der Waals surface area contributed by atoms with E-state index >= 15 is 0 Å². The average molecular weight is 375 g/mol. The Balaban J connectivity index is 1.60. The molecule has 0 bridgehead atoms. The molecule has 0 radical (unpaired) electrons. The van der Waals surface area contributed by atoms with Gasteiger partial charge >= 0.3 is 0 Å². The number of hydrogen-bond donors (Lipinski definition) is 2. The van der Waals surface area contributed by atoms with Crippen molar-refractivity contribution in [1.29, 1.82) is 5.41 Å². The Morgan fingerprint density at radius 3 is 2.33 bits per heavy atom. The first-order valence-corrected chi connectivity index (χ1v) is 8.73. The van der Waals surface area contributed by atoms with Crippen molar-refractivity contribution in [1.82, 2.24) is 0 Å². The second kappa shape index (κ2) is 7.09. The molecule has 5 heteroatoms. The zero-order chi connectivity index (χ0) is 18.8. The normalized spacial score (nSPS) is 10.7. The Kier molecular flexibility index (Phi) is 4.48. The number of carbonyl (C=O) groups excluding carboxylic acids is 1. The van der Waals surface area contributed by atoms with Crippen LogP contribution in [-0.4, -0.2) is 5.91 Å². The predicted molar refractivity (Wildman–Crippen MR) is 107 cm³/mol. The van der Waals surface area contributed by atoms with Gasteiger partial charge in [-0.15, -0.1) is 0 Å². The van der Waals surface area contributed by atoms with Crippen molar-refractivity contribution in [3.8, 4) is 11.1 Å². The third-order valence-electron chi connectivity index (χ3n) is 4.22. The molecule has 0 spiro atoms. The van der Waals surface area contributed by atoms with Gasteiger partial charge in [0.15, 0.2) is 0 Å². The van der Waals surface area contributed by atoms with Crippen molar-refractivity contribution < 1.29 is 9.21 Å². The number of halogens is 1. The molecule has 4 rings (SSSR count). The highest BCUT2D eigenvalue weighted by Crippen LogP contribution is 2.22. The molecule has 1 amide bonds. The van der Waals surface area contributed by atoms with Gasteiger partial charge in [0, 0.05) is 16.1 Å². The van der Waals surface area contributed by atoms with E-state index in [2.05, 4.69) is 5.32 Å². The van der Waals surface area contributed by atoms with Crippen LogP contribution in [0.25, 0.3) is 22.1 Å². The smallest absolute Gasteiger partial charge is 0.261 e. The molecule has 0 saturated heterocycles. The Morgan fingerprint density at radius 2 is 1.59 bits per heavy atom. The van der Waals surface area contributed by atoms with E-state index < -0.39 is 5.91 Å². The second-order valence-electron chi connectivity index (χ2n) is 6.07. The van der Waals surface area contributed by atoms with Crippen molar-refractivity contribution in [3.63, 3.8) is 0 Å². The predicted octanol–water partition coefficient (Wildman–Crippen LogP) is 5.48. The van der Waals surface area contributed by atoms with E-state index in [4.69, 9.17) is 21.4 Å². The van der Waals surface area contributed by atoms with Crippen LogP contribution in [0.5, 0.6) is 0 Å². The Hall–Kier alpha value is -3.37. The van der Waals surface area contributed by atoms with E-state index in [-0.39, 0.29) is 11.1 Å². The van der Waals surface area contributed by atoms with Gasteiger partial charge in [-0.3, -0.25) is 10.2 Å². The van der Waals surface area contributed by atoms with Crippen molar-refractivity contribution >= 4 is 34.2 Å². The minimum atomic E-state index is -0.405. The van der Waals surface area contributed by atoms with Gasteiger partial charge in [0.25, 0.3) is 5.91 Å². The van der Waals surface area contributed by atoms with Gasteiger partial charge in [-0.05, 0) is 47.5 Å². The summed E-state index contributed by atoms with van der Waals surface area (Å²) in [7, 11) is 0. The van der Waals surface area contributed by atoms with Gasteiger partial charge in [-0.1, -0.05) is 54.1 Å². The number of fused-ring (bicyclic) bond motifs is 1. The molecule has 1 heterocycles. The zero-order valence-electron chi connectivity index (χ0n) is 14.2. The van der Waals surface area contributed by atoms with Crippen molar-refractivity contribution in [3.05, 3.63) is 95.0 Å². The van der Waals surface area contributed by atoms with E-state index in [0.717, 1.165) is 11.1 Å². The van der Waals surface area contributed by atoms with Crippen LogP contribution in [0.15, 0.2) is 83.3 Å². The third kappa shape index (κ3) is 3.61. The van der Waals surface area contributed by atoms with Crippen molar-refractivity contribution in [2.24, 2.45) is 0 Å². The SMILES string of the molecule is N=c1oc2ccc(Cl)cc2cc1C(=O)Nc1ccc(-c2ccccc2)cc1. The first-order valence-electron chi connectivity index (χ1n) is 8.35. The maximum absolute atomic E-state index is 12.6. The summed E-state index contributed by atoms with van der Waals surface area (Å²) in [6.07, 6.45) is 0. The molecule has 4 nitrogen and oxygen atoms in total. The first kappa shape index (κ1) is 17.1. The molecule has 1 aromatic heterocycles. The van der Waals surface area contributed by atoms with Gasteiger partial charge in [-0.25, -0.2) is 0 Å². The average Bonchev–Trinajstić information content (AvgIpc) is 2.69. The standard InChI is InChI=1S/C22H15ClN2O2/c23-17-8-11-20-16(12-17)13-19(21(24)27-20)22(26)25-18-9-6-15(7-10-18)14-4-2-1-3-5-14/h1-13,24H,(H,25,26). The maximum Gasteiger partial charge on any atom is 0.261 e. The molecule has 3 aromatic carbocycles. The lowest BCUT2D eigenvalue weighted by atomic mass is 10.1. The largest absolute Gasteiger partial charge is 0.438 e. The number of benzene rings is 3. The Morgan fingerprint density at radius 1 is 0.889 bits per heavy atom. The fourth-order valence-corrected chi connectivity index (χ4v) is 3.04. The molecule has 0 unspecified atom stereocenters. The van der Waals surface area contributed by atoms with E-state index in [1.54, 1.807) is 24.3 Å². The lowest BCUT2D eigenvalue weighted by Crippen LogP contribution is -2.20. The minimum Gasteiger partial charge on any atom is -0.438 e. The third-order valence-corrected chi connectivity index (χ3v) is 4.46. The molecule has 4 aromatic rings. The van der Waals surface area contributed by atoms with E-state index in [1.165, 1.54) is 0 Å². The summed E-state index contributed by atoms with van der Waals surface area (Å²) >= 11 is 6.00. The molecule has 2 N–H and O–H groups in total. The quantitative estimate of drug-likeness (QED) is 0.498. The van der Waals surface area contributed by atoms with Crippen LogP contribution in [0.2, 0.25) is 5.02 Å². The van der Waals surface area contributed by atoms with E-state index in [0.29, 0.717) is 21.7 Å². The van der Waals surface area contributed by atoms with Crippen LogP contribution in [0.1, 0.15) is 10.4 Å². The maximum atomic E-state index is 12.6. The molecular formula is C22H15ClN2O2. The van der Waals surface area contributed by atoms with Crippen LogP contribution in [0.3, 0.4) is 0 Å². The van der Waals surface area contributed by atoms with Crippen molar-refractivity contribution in [2.75, 3.05) is 5.32 Å². The molecule has 0 aliphatic heterocycles. The highest BCUT2D eigenvalue weighted by Gasteiger charge is 2.12. The summed E-state index contributed by atoms with van der Waals surface area (Å²) in [5, 5.41) is 12.0. The topological polar surface area (TPSA) is 66.1 Å². The fourth-order valence-electron chi connectivity index (χ4n) is 2.85. The van der Waals surface area contributed by atoms with Gasteiger partial charge in [0.1, 0.15) is 11.1 Å². The summed E-state index contributed by atoms with van der Waals surface area (Å²) < 4.78 is 5.43. The Labute approximate surface area is 160 Å². The van der Waals surface area contributed by atoms with E-state index in [1.807, 2.05) is 54.6 Å². The second-order valence-corrected chi connectivity index (χ2v) is 6.51. The van der Waals surface area contributed by atoms with Crippen LogP contribution >= 0.6 is 11.6 Å². The highest BCUT2D eigenvalue weighted by atomic mass is 35.5. The van der Waals surface area contributed by atoms with Gasteiger partial charge in [0.05, 0.1) is 0 Å². The number of anilines is 1. The minimum absolute atomic E-state index is 0.150. The molecule has 0 aliphatic rings. The number of amides is 1. The monoisotopic (exact) mass is 374 g/mol. The van der Waals surface area contributed by atoms with Crippen LogP contribution in [-0.2, 0) is 0 Å². The number of nitrogens with one attached hydrogen (secondary N) is 2. The van der Waals surface area contributed by atoms with Crippen LogP contribution in [0, 0.1) is 5.41 Å². The van der Waals surface area contributed by atoms with Crippen LogP contribution in [0.4, 0.5) is 5.69 Å². The van der Waals surface area contributed by atoms with Gasteiger partial charge in [0.2, 0.25) is 5.55 Å². The van der Waals surface area contributed by atoms with Crippen LogP contribution < -0.4 is 10.9 Å². The zero-order valence-corrected chi connectivity index (χ0v) is 15.0. The summed E-state index contributed by atoms with van der Waals surface area (Å²) in [6, 6.07) is 24.2. The summed E-state index contributed by atoms with van der Waals surface area (Å²) in [5.41, 5.74) is 3.28. The molecular weight excluding hydrogens is 360 g/mol. The number of hydrogen-bond acceptors (Lipinski definition) is 3. The summed E-state index contributed by atoms with van der Waals surface area (Å²) in [6.45, 7) is 0. The molecule has 0 saturated carbocycles. The molecule has 0 aliphatic carbocycles. The number of rotatable bonds is 3. The molecule has 132 valence electrons. The van der Waals surface area contributed by atoms with Gasteiger partial charge < -0.3 is 9.73 Å². The molecule has 27 heavy (non-hydrogen) atoms. The van der Waals surface area contributed by atoms with E-state index in [9.17, 15) is 4.79 Å². The first-order chi connectivity index (χ1) is 13.1. The summed E-state index contributed by atoms with van der Waals surface area (Å²) in [5.74, 6) is -0.405. The Bertz CT molecular complexity index is 1180. The molecule has 0 atom stereocenters. The van der Waals surface area contributed by atoms with Crippen molar-refractivity contribution in [2.45, 2.75) is 0 Å². The van der Waals surface area contributed by atoms with Gasteiger partial charge in [-0.2, -0.15) is 0 Å². The lowest BCUT2D eigenvalue weighted by molar-refractivity contribution is 0.102. The highest BCUT2D eigenvalue weighted by molar-refractivity contribution is 6.31. The summed E-state index contributed by atoms with van der Waals surface area (Å²) in [4.78, 5) is 12.6. The lowest BCUT2D eigenvalue weighted by Gasteiger charge is -2.08. The molecule has 0 fully saturated rings. The number of carbonyl (C=O) groups is 1. The fraction of sp³-hybridized carbons (Fsp3) is 0.